The Kier molecular flexibility index (Phi) is 6.05. The molecule has 0 aromatic heterocycles. The van der Waals surface area contributed by atoms with Crippen LogP contribution in [0.15, 0.2) is 0 Å². The highest BCUT2D eigenvalue weighted by Gasteiger charge is 2.95. The average Bonchev–Trinajstić information content (AvgIpc) is 2.44. The van der Waals surface area contributed by atoms with Crippen molar-refractivity contribution in [2.24, 2.45) is 0 Å². The zero-order chi connectivity index (χ0) is 23.6. The quantitative estimate of drug-likeness (QED) is 0.261. The van der Waals surface area contributed by atoms with Gasteiger partial charge in [0.25, 0.3) is 0 Å². The summed E-state index contributed by atoms with van der Waals surface area (Å²) in [5.74, 6) is -50.7. The van der Waals surface area contributed by atoms with Gasteiger partial charge >= 0.3 is 47.8 Å². The van der Waals surface area contributed by atoms with Crippen molar-refractivity contribution >= 4 is 0 Å². The van der Waals surface area contributed by atoms with E-state index in [4.69, 9.17) is 0 Å². The second-order valence-electron chi connectivity index (χ2n) is 4.96. The largest absolute Gasteiger partial charge is 0.460 e. The van der Waals surface area contributed by atoms with Crippen LogP contribution in [0.4, 0.5) is 79.1 Å². The minimum Gasteiger partial charge on any atom is -0.192 e. The maximum atomic E-state index is 13.0. The molecule has 0 saturated heterocycles. The molecule has 0 aliphatic rings. The first-order valence-corrected chi connectivity index (χ1v) is 5.80. The van der Waals surface area contributed by atoms with Crippen LogP contribution in [0, 0.1) is 0 Å². The lowest BCUT2D eigenvalue weighted by molar-refractivity contribution is -0.472. The number of rotatable bonds is 7. The zero-order valence-electron chi connectivity index (χ0n) is 12.3. The molecule has 0 spiro atoms. The first kappa shape index (κ1) is 26.7. The van der Waals surface area contributed by atoms with Crippen molar-refractivity contribution < 1.29 is 79.1 Å². The molecule has 0 bridgehead atoms. The molecular formula is C9H3F18N. The van der Waals surface area contributed by atoms with Gasteiger partial charge in [-0.25, -0.2) is 0 Å². The van der Waals surface area contributed by atoms with Crippen molar-refractivity contribution in [2.45, 2.75) is 47.8 Å². The monoisotopic (exact) mass is 467 g/mol. The smallest absolute Gasteiger partial charge is 0.192 e. The Morgan fingerprint density at radius 1 is 0.393 bits per heavy atom. The number of hydrogen-bond donors (Lipinski definition) is 0. The lowest BCUT2D eigenvalue weighted by atomic mass is 9.90. The maximum Gasteiger partial charge on any atom is 0.460 e. The highest BCUT2D eigenvalue weighted by molar-refractivity contribution is 5.14. The summed E-state index contributed by atoms with van der Waals surface area (Å²) in [5.41, 5.74) is 0. The van der Waals surface area contributed by atoms with E-state index in [9.17, 15) is 79.1 Å². The molecule has 0 fully saturated rings. The molecule has 0 aromatic carbocycles. The lowest BCUT2D eigenvalue weighted by Gasteiger charge is -2.43. The third-order valence-electron chi connectivity index (χ3n) is 3.09. The van der Waals surface area contributed by atoms with Crippen LogP contribution in [0.2, 0.25) is 0 Å². The predicted octanol–water partition coefficient (Wildman–Crippen LogP) is 5.77. The Balaban J connectivity index is 6.72. The van der Waals surface area contributed by atoms with Crippen LogP contribution in [0.5, 0.6) is 0 Å². The molecule has 0 aromatic rings. The number of alkyl halides is 17. The van der Waals surface area contributed by atoms with Gasteiger partial charge < -0.3 is 0 Å². The molecule has 0 unspecified atom stereocenters. The highest BCUT2D eigenvalue weighted by atomic mass is 19.4. The van der Waals surface area contributed by atoms with Gasteiger partial charge in [0.05, 0.1) is 0 Å². The fourth-order valence-corrected chi connectivity index (χ4v) is 1.35. The van der Waals surface area contributed by atoms with E-state index in [1.165, 1.54) is 0 Å². The second kappa shape index (κ2) is 6.35. The van der Waals surface area contributed by atoms with E-state index in [0.717, 1.165) is 0 Å². The van der Waals surface area contributed by atoms with E-state index in [2.05, 4.69) is 0 Å². The Hall–Kier alpha value is -1.30. The molecule has 170 valence electrons. The van der Waals surface area contributed by atoms with Gasteiger partial charge in [-0.15, -0.1) is 4.48 Å². The van der Waals surface area contributed by atoms with Crippen LogP contribution in [0.3, 0.4) is 0 Å². The van der Waals surface area contributed by atoms with Crippen LogP contribution in [-0.4, -0.2) is 59.9 Å². The molecule has 0 aliphatic carbocycles. The third kappa shape index (κ3) is 3.03. The molecule has 0 amide bonds. The van der Waals surface area contributed by atoms with Gasteiger partial charge in [0.15, 0.2) is 0 Å². The summed E-state index contributed by atoms with van der Waals surface area (Å²) >= 11 is 0. The van der Waals surface area contributed by atoms with Crippen LogP contribution in [0.1, 0.15) is 0 Å². The Morgan fingerprint density at radius 3 is 0.821 bits per heavy atom. The number of halogens is 18. The molecule has 0 heterocycles. The van der Waals surface area contributed by atoms with Crippen molar-refractivity contribution in [3.63, 3.8) is 0 Å². The molecule has 1 nitrogen and oxygen atoms in total. The van der Waals surface area contributed by atoms with Crippen molar-refractivity contribution in [3.05, 3.63) is 0 Å². The van der Waals surface area contributed by atoms with E-state index >= 15 is 0 Å². The molecule has 0 atom stereocenters. The first-order valence-electron chi connectivity index (χ1n) is 5.80. The fraction of sp³-hybridized carbons (Fsp3) is 1.00. The lowest BCUT2D eigenvalue weighted by Crippen LogP contribution is -2.75. The van der Waals surface area contributed by atoms with E-state index in [1.807, 2.05) is 0 Å². The van der Waals surface area contributed by atoms with Gasteiger partial charge in [0.2, 0.25) is 0 Å². The van der Waals surface area contributed by atoms with Gasteiger partial charge in [-0.3, -0.25) is 0 Å². The fourth-order valence-electron chi connectivity index (χ4n) is 1.35. The van der Waals surface area contributed by atoms with Crippen molar-refractivity contribution in [1.29, 1.82) is 0 Å². The predicted molar refractivity (Wildman–Crippen MR) is 49.6 cm³/mol. The van der Waals surface area contributed by atoms with Crippen molar-refractivity contribution in [3.8, 4) is 0 Å². The second-order valence-corrected chi connectivity index (χ2v) is 4.96. The molecule has 0 N–H and O–H groups in total. The molecule has 0 aliphatic heterocycles. The summed E-state index contributed by atoms with van der Waals surface area (Å²) in [4.78, 5) is 0. The summed E-state index contributed by atoms with van der Waals surface area (Å²) in [7, 11) is -0.854. The number of nitrogens with zero attached hydrogens (tertiary/aromatic N) is 1. The normalized spacial score (nSPS) is 16.7. The highest BCUT2D eigenvalue weighted by Crippen LogP contribution is 2.64. The number of hydrogen-bond acceptors (Lipinski definition) is 1. The van der Waals surface area contributed by atoms with Crippen LogP contribution >= 0.6 is 0 Å². The van der Waals surface area contributed by atoms with E-state index in [-0.39, 0.29) is 0 Å². The Labute approximate surface area is 140 Å². The summed E-state index contributed by atoms with van der Waals surface area (Å²) in [5, 5.41) is -2.75. The molecule has 28 heavy (non-hydrogen) atoms. The van der Waals surface area contributed by atoms with E-state index in [1.54, 1.807) is 0 Å². The van der Waals surface area contributed by atoms with Gasteiger partial charge in [0, 0.05) is 7.05 Å². The minimum atomic E-state index is -8.71. The molecule has 0 saturated carbocycles. The SMILES string of the molecule is CN(F)C(F)(F)C(F)(F)C(F)(F)C(F)(F)C(F)(F)C(F)(F)C(F)(F)C(F)(F)F. The molecule has 19 heteroatoms. The minimum absolute atomic E-state index is 0.854. The van der Waals surface area contributed by atoms with E-state index in [0.29, 0.717) is 0 Å². The Bertz CT molecular complexity index is 570. The topological polar surface area (TPSA) is 3.24 Å². The summed E-state index contributed by atoms with van der Waals surface area (Å²) in [6.07, 6.45) is -7.81. The standard InChI is InChI=1S/C9H3F18N/c1-28(27)9(25,26)7(20,21)5(16,17)3(12,13)2(10,11)4(14,15)6(18,19)8(22,23)24/h1H3. The van der Waals surface area contributed by atoms with Gasteiger partial charge in [-0.2, -0.15) is 74.6 Å². The average molecular weight is 467 g/mol. The summed E-state index contributed by atoms with van der Waals surface area (Å²) in [6, 6.07) is -7.14. The van der Waals surface area contributed by atoms with Crippen LogP contribution in [0.25, 0.3) is 0 Å². The molecule has 0 radical (unpaired) electrons. The van der Waals surface area contributed by atoms with Crippen molar-refractivity contribution in [1.82, 2.24) is 5.12 Å². The van der Waals surface area contributed by atoms with Gasteiger partial charge in [-0.05, 0) is 0 Å². The summed E-state index contributed by atoms with van der Waals surface area (Å²) in [6.45, 7) is 0. The van der Waals surface area contributed by atoms with E-state index < -0.39 is 59.9 Å². The zero-order valence-corrected chi connectivity index (χ0v) is 12.3. The Morgan fingerprint density at radius 2 is 0.607 bits per heavy atom. The summed E-state index contributed by atoms with van der Waals surface area (Å²) < 4.78 is 227. The van der Waals surface area contributed by atoms with Crippen LogP contribution < -0.4 is 0 Å². The maximum absolute atomic E-state index is 13.0. The third-order valence-corrected chi connectivity index (χ3v) is 3.09. The van der Waals surface area contributed by atoms with Gasteiger partial charge in [0.1, 0.15) is 0 Å². The van der Waals surface area contributed by atoms with Crippen LogP contribution in [-0.2, 0) is 0 Å². The van der Waals surface area contributed by atoms with Crippen molar-refractivity contribution in [2.75, 3.05) is 7.05 Å². The molecule has 0 rings (SSSR count). The molecular weight excluding hydrogens is 464 g/mol. The van der Waals surface area contributed by atoms with Gasteiger partial charge in [-0.1, -0.05) is 5.12 Å². The first-order chi connectivity index (χ1) is 11.7.